The van der Waals surface area contributed by atoms with Crippen LogP contribution >= 0.6 is 11.3 Å². The number of hydrogen-bond donors (Lipinski definition) is 2. The summed E-state index contributed by atoms with van der Waals surface area (Å²) < 4.78 is 5.44. The predicted octanol–water partition coefficient (Wildman–Crippen LogP) is 4.92. The van der Waals surface area contributed by atoms with E-state index in [1.807, 2.05) is 24.3 Å². The van der Waals surface area contributed by atoms with Crippen molar-refractivity contribution in [2.75, 3.05) is 19.0 Å². The van der Waals surface area contributed by atoms with Gasteiger partial charge in [0.15, 0.2) is 0 Å². The third-order valence-electron chi connectivity index (χ3n) is 4.21. The molecule has 1 aromatic carbocycles. The molecule has 0 atom stereocenters. The van der Waals surface area contributed by atoms with Gasteiger partial charge in [-0.1, -0.05) is 31.6 Å². The molecule has 1 amide bonds. The highest BCUT2D eigenvalue weighted by molar-refractivity contribution is 7.10. The SMILES string of the molecule is C=CCNC(=O)c1cnc2c(OC)cccc2c1Nc1ccsc1CCC. The summed E-state index contributed by atoms with van der Waals surface area (Å²) >= 11 is 1.72. The van der Waals surface area contributed by atoms with Gasteiger partial charge in [-0.25, -0.2) is 0 Å². The average Bonchev–Trinajstić information content (AvgIpc) is 3.13. The molecule has 27 heavy (non-hydrogen) atoms. The van der Waals surface area contributed by atoms with E-state index < -0.39 is 0 Å². The quantitative estimate of drug-likeness (QED) is 0.544. The number of carbonyl (C=O) groups excluding carboxylic acids is 1. The number of aryl methyl sites for hydroxylation is 1. The minimum absolute atomic E-state index is 0.193. The highest BCUT2D eigenvalue weighted by Gasteiger charge is 2.18. The summed E-state index contributed by atoms with van der Waals surface area (Å²) in [7, 11) is 1.62. The summed E-state index contributed by atoms with van der Waals surface area (Å²) in [6.45, 7) is 6.21. The number of para-hydroxylation sites is 1. The van der Waals surface area contributed by atoms with Gasteiger partial charge in [-0.15, -0.1) is 17.9 Å². The molecule has 0 aliphatic carbocycles. The molecule has 0 aliphatic heterocycles. The molecule has 0 spiro atoms. The second-order valence-corrected chi connectivity index (χ2v) is 7.04. The van der Waals surface area contributed by atoms with Crippen molar-refractivity contribution in [2.45, 2.75) is 19.8 Å². The van der Waals surface area contributed by atoms with Crippen LogP contribution in [-0.2, 0) is 6.42 Å². The Morgan fingerprint density at radius 2 is 2.22 bits per heavy atom. The maximum atomic E-state index is 12.7. The van der Waals surface area contributed by atoms with Gasteiger partial charge in [-0.2, -0.15) is 0 Å². The molecular weight excluding hydrogens is 358 g/mol. The normalized spacial score (nSPS) is 10.6. The molecule has 2 N–H and O–H groups in total. The van der Waals surface area contributed by atoms with Crippen LogP contribution in [0.25, 0.3) is 10.9 Å². The molecule has 0 unspecified atom stereocenters. The molecule has 0 bridgehead atoms. The molecular formula is C21H23N3O2S. The Labute approximate surface area is 163 Å². The van der Waals surface area contributed by atoms with Gasteiger partial charge in [-0.3, -0.25) is 9.78 Å². The molecule has 0 radical (unpaired) electrons. The van der Waals surface area contributed by atoms with E-state index >= 15 is 0 Å². The third kappa shape index (κ3) is 3.95. The fraction of sp³-hybridized carbons (Fsp3) is 0.238. The molecule has 0 fully saturated rings. The number of fused-ring (bicyclic) bond motifs is 1. The van der Waals surface area contributed by atoms with Crippen LogP contribution in [0.5, 0.6) is 5.75 Å². The number of aromatic nitrogens is 1. The summed E-state index contributed by atoms with van der Waals surface area (Å²) in [4.78, 5) is 18.4. The maximum Gasteiger partial charge on any atom is 0.255 e. The van der Waals surface area contributed by atoms with Crippen molar-refractivity contribution in [3.05, 3.63) is 58.9 Å². The van der Waals surface area contributed by atoms with E-state index in [1.54, 1.807) is 30.7 Å². The van der Waals surface area contributed by atoms with Crippen molar-refractivity contribution < 1.29 is 9.53 Å². The van der Waals surface area contributed by atoms with Crippen molar-refractivity contribution in [2.24, 2.45) is 0 Å². The lowest BCUT2D eigenvalue weighted by molar-refractivity contribution is 0.0958. The van der Waals surface area contributed by atoms with Gasteiger partial charge in [0.1, 0.15) is 11.3 Å². The lowest BCUT2D eigenvalue weighted by atomic mass is 10.1. The summed E-state index contributed by atoms with van der Waals surface area (Å²) in [6.07, 6.45) is 5.30. The minimum Gasteiger partial charge on any atom is -0.494 e. The number of hydrogen-bond acceptors (Lipinski definition) is 5. The van der Waals surface area contributed by atoms with E-state index in [4.69, 9.17) is 4.74 Å². The highest BCUT2D eigenvalue weighted by atomic mass is 32.1. The first kappa shape index (κ1) is 18.9. The van der Waals surface area contributed by atoms with Crippen molar-refractivity contribution >= 4 is 39.5 Å². The number of pyridine rings is 1. The zero-order chi connectivity index (χ0) is 19.2. The molecule has 3 rings (SSSR count). The summed E-state index contributed by atoms with van der Waals surface area (Å²) in [5, 5.41) is 9.23. The van der Waals surface area contributed by atoms with Crippen LogP contribution in [0.3, 0.4) is 0 Å². The average molecular weight is 382 g/mol. The Kier molecular flexibility index (Phi) is 6.08. The number of ether oxygens (including phenoxy) is 1. The fourth-order valence-electron chi connectivity index (χ4n) is 2.93. The van der Waals surface area contributed by atoms with Crippen molar-refractivity contribution in [3.8, 4) is 5.75 Å². The van der Waals surface area contributed by atoms with Crippen LogP contribution in [0.1, 0.15) is 28.6 Å². The maximum absolute atomic E-state index is 12.7. The molecule has 2 aromatic heterocycles. The standard InChI is InChI=1S/C21H23N3O2S/c1-4-7-18-16(10-12-27-18)24-19-14-8-6-9-17(26-3)20(14)23-13-15(19)21(25)22-11-5-2/h5-6,8-10,12-13H,2,4,7,11H2,1,3H3,(H,22,25)(H,23,24). The molecule has 140 valence electrons. The minimum atomic E-state index is -0.193. The molecule has 0 saturated carbocycles. The molecule has 0 saturated heterocycles. The van der Waals surface area contributed by atoms with Crippen LogP contribution in [-0.4, -0.2) is 24.5 Å². The van der Waals surface area contributed by atoms with E-state index in [2.05, 4.69) is 34.5 Å². The second-order valence-electron chi connectivity index (χ2n) is 6.03. The number of anilines is 2. The summed E-state index contributed by atoms with van der Waals surface area (Å²) in [6, 6.07) is 7.76. The van der Waals surface area contributed by atoms with Gasteiger partial charge in [0.2, 0.25) is 0 Å². The largest absolute Gasteiger partial charge is 0.494 e. The van der Waals surface area contributed by atoms with Gasteiger partial charge in [0.05, 0.1) is 24.0 Å². The summed E-state index contributed by atoms with van der Waals surface area (Å²) in [5.74, 6) is 0.481. The Hall–Kier alpha value is -2.86. The van der Waals surface area contributed by atoms with Gasteiger partial charge in [0.25, 0.3) is 5.91 Å². The zero-order valence-corrected chi connectivity index (χ0v) is 16.4. The van der Waals surface area contributed by atoms with E-state index in [-0.39, 0.29) is 5.91 Å². The van der Waals surface area contributed by atoms with Crippen LogP contribution in [0.2, 0.25) is 0 Å². The van der Waals surface area contributed by atoms with E-state index in [0.717, 1.165) is 35.1 Å². The number of rotatable bonds is 8. The van der Waals surface area contributed by atoms with Crippen LogP contribution in [0.15, 0.2) is 48.5 Å². The van der Waals surface area contributed by atoms with Crippen LogP contribution in [0.4, 0.5) is 11.4 Å². The van der Waals surface area contributed by atoms with Gasteiger partial charge < -0.3 is 15.4 Å². The lowest BCUT2D eigenvalue weighted by Crippen LogP contribution is -2.24. The van der Waals surface area contributed by atoms with Crippen molar-refractivity contribution in [1.82, 2.24) is 10.3 Å². The Morgan fingerprint density at radius 1 is 1.37 bits per heavy atom. The summed E-state index contributed by atoms with van der Waals surface area (Å²) in [5.41, 5.74) is 2.97. The Morgan fingerprint density at radius 3 is 2.96 bits per heavy atom. The number of carbonyl (C=O) groups is 1. The van der Waals surface area contributed by atoms with E-state index in [9.17, 15) is 4.79 Å². The first-order chi connectivity index (χ1) is 13.2. The first-order valence-electron chi connectivity index (χ1n) is 8.87. The number of thiophene rings is 1. The third-order valence-corrected chi connectivity index (χ3v) is 5.19. The topological polar surface area (TPSA) is 63.2 Å². The number of methoxy groups -OCH3 is 1. The van der Waals surface area contributed by atoms with E-state index in [1.165, 1.54) is 4.88 Å². The predicted molar refractivity (Wildman–Crippen MR) is 112 cm³/mol. The van der Waals surface area contributed by atoms with Gasteiger partial charge in [-0.05, 0) is 23.9 Å². The molecule has 3 aromatic rings. The van der Waals surface area contributed by atoms with Gasteiger partial charge in [0, 0.05) is 23.0 Å². The second kappa shape index (κ2) is 8.68. The van der Waals surface area contributed by atoms with Gasteiger partial charge >= 0.3 is 0 Å². The van der Waals surface area contributed by atoms with Crippen molar-refractivity contribution in [1.29, 1.82) is 0 Å². The molecule has 2 heterocycles. The van der Waals surface area contributed by atoms with Crippen LogP contribution < -0.4 is 15.4 Å². The number of amides is 1. The fourth-order valence-corrected chi connectivity index (χ4v) is 3.87. The Bertz CT molecular complexity index is 965. The zero-order valence-electron chi connectivity index (χ0n) is 15.5. The molecule has 6 heteroatoms. The molecule has 0 aliphatic rings. The number of nitrogens with one attached hydrogen (secondary N) is 2. The number of benzene rings is 1. The molecule has 5 nitrogen and oxygen atoms in total. The first-order valence-corrected chi connectivity index (χ1v) is 9.75. The Balaban J connectivity index is 2.14. The number of nitrogens with zero attached hydrogens (tertiary/aromatic N) is 1. The van der Waals surface area contributed by atoms with Crippen molar-refractivity contribution in [3.63, 3.8) is 0 Å². The smallest absolute Gasteiger partial charge is 0.255 e. The lowest BCUT2D eigenvalue weighted by Gasteiger charge is -2.16. The highest BCUT2D eigenvalue weighted by Crippen LogP contribution is 2.35. The van der Waals surface area contributed by atoms with E-state index in [0.29, 0.717) is 17.9 Å². The van der Waals surface area contributed by atoms with Crippen LogP contribution in [0, 0.1) is 0 Å². The monoisotopic (exact) mass is 381 g/mol.